The van der Waals surface area contributed by atoms with E-state index in [0.29, 0.717) is 38.7 Å². The molecule has 2 aromatic heterocycles. The van der Waals surface area contributed by atoms with Crippen molar-refractivity contribution in [3.63, 3.8) is 0 Å². The molecule has 0 fully saturated rings. The Morgan fingerprint density at radius 2 is 1.10 bits per heavy atom. The molecule has 376 valence electrons. The smallest absolute Gasteiger partial charge is 0.358 e. The van der Waals surface area contributed by atoms with Gasteiger partial charge in [-0.3, -0.25) is 14.4 Å². The van der Waals surface area contributed by atoms with Crippen molar-refractivity contribution in [2.45, 2.75) is 59.0 Å². The van der Waals surface area contributed by atoms with Crippen LogP contribution in [0.5, 0.6) is 0 Å². The number of rotatable bonds is 19. The summed E-state index contributed by atoms with van der Waals surface area (Å²) in [4.78, 5) is 57.2. The van der Waals surface area contributed by atoms with Crippen LogP contribution in [-0.4, -0.2) is 119 Å². The largest absolute Gasteiger partial charge is 0.481 e. The van der Waals surface area contributed by atoms with E-state index in [4.69, 9.17) is 38.9 Å². The number of carbonyl (C=O) groups excluding carboxylic acids is 1. The Hall–Kier alpha value is -7.04. The Balaban J connectivity index is 0.000000314. The maximum atomic E-state index is 14.2. The molecule has 0 saturated carbocycles. The van der Waals surface area contributed by atoms with Gasteiger partial charge in [-0.05, 0) is 109 Å². The van der Waals surface area contributed by atoms with Crippen LogP contribution in [0, 0.1) is 22.5 Å². The number of aliphatic hydroxyl groups is 2. The zero-order chi connectivity index (χ0) is 51.1. The number of aliphatic hydroxyl groups excluding tert-OH is 2. The second-order valence-electron chi connectivity index (χ2n) is 16.1. The molecular formula is C47H54Cl2F2N8O11. The van der Waals surface area contributed by atoms with Crippen LogP contribution in [-0.2, 0) is 22.4 Å². The van der Waals surface area contributed by atoms with Gasteiger partial charge in [-0.25, -0.2) is 13.6 Å². The molecule has 2 heterocycles. The molecule has 0 saturated heterocycles. The number of nitrogens with zero attached hydrogens (tertiary/aromatic N) is 6. The maximum Gasteiger partial charge on any atom is 0.358 e. The van der Waals surface area contributed by atoms with E-state index < -0.39 is 65.8 Å². The number of aromatic nitrogens is 6. The summed E-state index contributed by atoms with van der Waals surface area (Å²) < 4.78 is 28.1. The van der Waals surface area contributed by atoms with Gasteiger partial charge in [-0.15, -0.1) is 10.2 Å². The van der Waals surface area contributed by atoms with E-state index in [-0.39, 0.29) is 43.9 Å². The van der Waals surface area contributed by atoms with E-state index in [0.717, 1.165) is 20.8 Å². The van der Waals surface area contributed by atoms with Gasteiger partial charge in [0.2, 0.25) is 0 Å². The molecule has 0 radical (unpaired) electrons. The molecular weight excluding hydrogens is 961 g/mol. The van der Waals surface area contributed by atoms with Crippen LogP contribution < -0.4 is 20.7 Å². The molecule has 0 unspecified atom stereocenters. The predicted octanol–water partition coefficient (Wildman–Crippen LogP) is 5.77. The Morgan fingerprint density at radius 3 is 1.49 bits per heavy atom. The van der Waals surface area contributed by atoms with Crippen molar-refractivity contribution >= 4 is 47.0 Å². The van der Waals surface area contributed by atoms with Crippen molar-refractivity contribution in [1.82, 2.24) is 35.6 Å². The number of carboxylic acid groups (broad SMARTS) is 3. The van der Waals surface area contributed by atoms with Gasteiger partial charge >= 0.3 is 17.9 Å². The second-order valence-corrected chi connectivity index (χ2v) is 17.0. The number of aliphatic carboxylic acids is 2. The zero-order valence-corrected chi connectivity index (χ0v) is 39.1. The molecule has 0 bridgehead atoms. The summed E-state index contributed by atoms with van der Waals surface area (Å²) in [6.45, 7) is 1.80. The van der Waals surface area contributed by atoms with Crippen molar-refractivity contribution < 1.29 is 63.2 Å². The lowest BCUT2D eigenvalue weighted by molar-refractivity contribution is -0.152. The topological polar surface area (TPSA) is 287 Å². The number of carboxylic acids is 3. The average Bonchev–Trinajstić information content (AvgIpc) is 4.03. The minimum Gasteiger partial charge on any atom is -0.481 e. The van der Waals surface area contributed by atoms with Crippen molar-refractivity contribution in [3.8, 4) is 22.3 Å². The third-order valence-corrected chi connectivity index (χ3v) is 11.1. The monoisotopic (exact) mass is 1010 g/mol. The molecule has 4 aromatic carbocycles. The van der Waals surface area contributed by atoms with Crippen molar-refractivity contribution in [2.75, 3.05) is 27.4 Å². The van der Waals surface area contributed by atoms with Crippen molar-refractivity contribution in [1.29, 1.82) is 0 Å². The van der Waals surface area contributed by atoms with Gasteiger partial charge in [0.15, 0.2) is 11.4 Å². The number of nitrogens with one attached hydrogen (secondary N) is 1. The van der Waals surface area contributed by atoms with Crippen LogP contribution in [0.2, 0.25) is 10.0 Å². The van der Waals surface area contributed by atoms with Crippen LogP contribution >= 0.6 is 23.2 Å². The van der Waals surface area contributed by atoms with Crippen molar-refractivity contribution in [2.24, 2.45) is 16.6 Å². The minimum atomic E-state index is -1.48. The van der Waals surface area contributed by atoms with E-state index in [9.17, 15) is 48.4 Å². The first-order valence-corrected chi connectivity index (χ1v) is 21.4. The Morgan fingerprint density at radius 1 is 0.686 bits per heavy atom. The number of aromatic carboxylic acids is 1. The normalized spacial score (nSPS) is 13.2. The summed E-state index contributed by atoms with van der Waals surface area (Å²) in [5.41, 5.74) is 6.91. The first kappa shape index (κ1) is 57.3. The summed E-state index contributed by atoms with van der Waals surface area (Å²) in [6, 6.07) is 21.7. The Kier molecular flexibility index (Phi) is 21.3. The number of carbonyl (C=O) groups is 4. The van der Waals surface area contributed by atoms with E-state index >= 15 is 0 Å². The lowest BCUT2D eigenvalue weighted by Crippen LogP contribution is -2.44. The van der Waals surface area contributed by atoms with Gasteiger partial charge in [0.25, 0.3) is 5.91 Å². The number of benzene rings is 4. The molecule has 70 heavy (non-hydrogen) atoms. The zero-order valence-electron chi connectivity index (χ0n) is 37.6. The fourth-order valence-corrected chi connectivity index (χ4v) is 6.95. The number of hydrogen-bond donors (Lipinski definition) is 7. The van der Waals surface area contributed by atoms with E-state index in [1.54, 1.807) is 42.5 Å². The summed E-state index contributed by atoms with van der Waals surface area (Å²) >= 11 is 11.9. The minimum absolute atomic E-state index is 0. The van der Waals surface area contributed by atoms with Crippen LogP contribution in [0.3, 0.4) is 0 Å². The number of halogens is 4. The Bertz CT molecular complexity index is 2690. The fourth-order valence-electron chi connectivity index (χ4n) is 6.61. The fraction of sp³-hybridized carbons (Fsp3) is 0.319. The van der Waals surface area contributed by atoms with Gasteiger partial charge in [-0.1, -0.05) is 88.8 Å². The van der Waals surface area contributed by atoms with E-state index in [1.165, 1.54) is 70.8 Å². The number of amides is 1. The molecule has 0 aliphatic rings. The maximum absolute atomic E-state index is 14.2. The van der Waals surface area contributed by atoms with Crippen LogP contribution in [0.15, 0.2) is 97.3 Å². The van der Waals surface area contributed by atoms with Gasteiger partial charge < -0.3 is 46.3 Å². The quantitative estimate of drug-likeness (QED) is 0.0507. The highest BCUT2D eigenvalue weighted by Crippen LogP contribution is 2.30. The third kappa shape index (κ3) is 16.0. The molecule has 0 spiro atoms. The number of hydrogen-bond acceptors (Lipinski definition) is 13. The molecule has 4 atom stereocenters. The Labute approximate surface area is 411 Å². The molecule has 19 nitrogen and oxygen atoms in total. The molecule has 1 amide bonds. The highest BCUT2D eigenvalue weighted by Gasteiger charge is 2.37. The standard InChI is InChI=1S/C23H24ClFN4O5.C19H21ClFNO3.C4H5N3O3.CH4/c1-23(13-30,22(32)33)11-17(26-21(31)20-12-29(34-2)28-27-20)9-14-3-5-15(6-4-14)18-10-16(24)7-8-19(18)25;1-19(11-23,18(24)25)10-15(22)8-12-2-4-13(5-3-12)16-9-14(20)6-7-17(16)21;1-10-7-2-3(4(8)9)5-6-7;/h3-8,10,12,17,30H,9,11,13H2,1-2H3,(H,26,31)(H,32,33);2-7,9,15,23H,8,10-11,22H2,1H3,(H,24,25);2H,1H3,(H,8,9);1H4/t17-,23+;15-,19+;;/m11../s1. The second kappa shape index (κ2) is 26.1. The van der Waals surface area contributed by atoms with Gasteiger partial charge in [0, 0.05) is 33.3 Å². The highest BCUT2D eigenvalue weighted by molar-refractivity contribution is 6.31. The van der Waals surface area contributed by atoms with Crippen LogP contribution in [0.25, 0.3) is 22.3 Å². The lowest BCUT2D eigenvalue weighted by Gasteiger charge is -2.28. The lowest BCUT2D eigenvalue weighted by atomic mass is 9.82. The summed E-state index contributed by atoms with van der Waals surface area (Å²) in [5, 5.41) is 63.7. The SMILES string of the molecule is C.COn1cc(C(=O)N[C@H](Cc2ccc(-c3cc(Cl)ccc3F)cc2)C[C@@](C)(CO)C(=O)O)nn1.COn1cc(C(=O)O)nn1.C[C@@](CO)(C[C@H](N)Cc1ccc(-c2cc(Cl)ccc2F)cc1)C(=O)O. The van der Waals surface area contributed by atoms with Crippen molar-refractivity contribution in [3.05, 3.63) is 142 Å². The van der Waals surface area contributed by atoms with Gasteiger partial charge in [0.1, 0.15) is 38.2 Å². The number of nitrogens with two attached hydrogens (primary N) is 1. The van der Waals surface area contributed by atoms with Gasteiger partial charge in [0.05, 0.1) is 24.0 Å². The van der Waals surface area contributed by atoms with Crippen LogP contribution in [0.4, 0.5) is 8.78 Å². The molecule has 8 N–H and O–H groups in total. The molecule has 0 aliphatic carbocycles. The van der Waals surface area contributed by atoms with E-state index in [1.807, 2.05) is 12.1 Å². The average molecular weight is 1020 g/mol. The third-order valence-electron chi connectivity index (χ3n) is 10.6. The molecule has 6 aromatic rings. The molecule has 0 aliphatic heterocycles. The summed E-state index contributed by atoms with van der Waals surface area (Å²) in [6.07, 6.45) is 3.27. The highest BCUT2D eigenvalue weighted by atomic mass is 35.5. The van der Waals surface area contributed by atoms with Gasteiger partial charge in [-0.2, -0.15) is 0 Å². The van der Waals surface area contributed by atoms with Crippen LogP contribution in [0.1, 0.15) is 66.2 Å². The molecule has 23 heteroatoms. The van der Waals surface area contributed by atoms with E-state index in [2.05, 4.69) is 30.8 Å². The summed E-state index contributed by atoms with van der Waals surface area (Å²) in [5.74, 6) is -4.72. The first-order valence-electron chi connectivity index (χ1n) is 20.6. The molecule has 6 rings (SSSR count). The first-order chi connectivity index (χ1) is 32.6. The predicted molar refractivity (Wildman–Crippen MR) is 254 cm³/mol. The summed E-state index contributed by atoms with van der Waals surface area (Å²) in [7, 11) is 2.72.